The zero-order valence-corrected chi connectivity index (χ0v) is 10.3. The zero-order valence-electron chi connectivity index (χ0n) is 10.3. The van der Waals surface area contributed by atoms with E-state index < -0.39 is 0 Å². The average molecular weight is 232 g/mol. The van der Waals surface area contributed by atoms with Crippen molar-refractivity contribution in [3.8, 4) is 0 Å². The van der Waals surface area contributed by atoms with Crippen molar-refractivity contribution in [3.63, 3.8) is 0 Å². The van der Waals surface area contributed by atoms with Gasteiger partial charge in [0.15, 0.2) is 0 Å². The van der Waals surface area contributed by atoms with E-state index >= 15 is 0 Å². The molecule has 0 heterocycles. The zero-order chi connectivity index (χ0) is 12.3. The highest BCUT2D eigenvalue weighted by Crippen LogP contribution is 2.25. The minimum atomic E-state index is 0.0564. The predicted molar refractivity (Wildman–Crippen MR) is 69.9 cm³/mol. The third kappa shape index (κ3) is 3.07. The highest BCUT2D eigenvalue weighted by atomic mass is 16.1. The molecule has 3 N–H and O–H groups in total. The number of fused-ring (bicyclic) bond motifs is 1. The number of carbonyl (C=O) groups excluding carboxylic acids is 1. The molecule has 0 spiro atoms. The van der Waals surface area contributed by atoms with Crippen molar-refractivity contribution in [3.05, 3.63) is 29.3 Å². The second kappa shape index (κ2) is 5.32. The summed E-state index contributed by atoms with van der Waals surface area (Å²) in [6.07, 6.45) is 4.04. The summed E-state index contributed by atoms with van der Waals surface area (Å²) >= 11 is 0. The quantitative estimate of drug-likeness (QED) is 0.835. The summed E-state index contributed by atoms with van der Waals surface area (Å²) in [7, 11) is 0. The lowest BCUT2D eigenvalue weighted by Crippen LogP contribution is -2.20. The van der Waals surface area contributed by atoms with Gasteiger partial charge in [-0.15, -0.1) is 0 Å². The maximum atomic E-state index is 11.7. The molecule has 0 saturated carbocycles. The highest BCUT2D eigenvalue weighted by molar-refractivity contribution is 5.91. The monoisotopic (exact) mass is 232 g/mol. The van der Waals surface area contributed by atoms with Crippen LogP contribution in [0.5, 0.6) is 0 Å². The standard InChI is InChI=1S/C14H20N2O/c1-10(9-15)7-14(17)16-13-6-5-11-3-2-4-12(11)8-13/h5-6,8,10H,2-4,7,9,15H2,1H3,(H,16,17). The van der Waals surface area contributed by atoms with Crippen molar-refractivity contribution in [2.45, 2.75) is 32.6 Å². The molecule has 0 saturated heterocycles. The lowest BCUT2D eigenvalue weighted by molar-refractivity contribution is -0.116. The molecule has 1 amide bonds. The predicted octanol–water partition coefficient (Wildman–Crippen LogP) is 2.10. The van der Waals surface area contributed by atoms with Crippen molar-refractivity contribution < 1.29 is 4.79 Å². The van der Waals surface area contributed by atoms with Crippen LogP contribution in [-0.2, 0) is 17.6 Å². The molecule has 1 aromatic carbocycles. The Labute approximate surface area is 102 Å². The van der Waals surface area contributed by atoms with E-state index in [9.17, 15) is 4.79 Å². The number of amides is 1. The van der Waals surface area contributed by atoms with Crippen LogP contribution in [0.1, 0.15) is 30.9 Å². The van der Waals surface area contributed by atoms with Gasteiger partial charge in [0.05, 0.1) is 0 Å². The van der Waals surface area contributed by atoms with E-state index in [1.54, 1.807) is 0 Å². The van der Waals surface area contributed by atoms with Crippen molar-refractivity contribution in [1.82, 2.24) is 0 Å². The van der Waals surface area contributed by atoms with E-state index in [1.807, 2.05) is 13.0 Å². The molecule has 0 radical (unpaired) electrons. The van der Waals surface area contributed by atoms with Gasteiger partial charge in [-0.1, -0.05) is 13.0 Å². The fourth-order valence-corrected chi connectivity index (χ4v) is 2.26. The van der Waals surface area contributed by atoms with Crippen LogP contribution in [-0.4, -0.2) is 12.5 Å². The summed E-state index contributed by atoms with van der Waals surface area (Å²) in [4.78, 5) is 11.7. The molecular weight excluding hydrogens is 212 g/mol. The SMILES string of the molecule is CC(CN)CC(=O)Nc1ccc2c(c1)CCC2. The van der Waals surface area contributed by atoms with Crippen LogP contribution in [0.2, 0.25) is 0 Å². The van der Waals surface area contributed by atoms with Gasteiger partial charge in [0.2, 0.25) is 5.91 Å². The minimum Gasteiger partial charge on any atom is -0.330 e. The number of aryl methyl sites for hydroxylation is 2. The van der Waals surface area contributed by atoms with Crippen LogP contribution in [0, 0.1) is 5.92 Å². The highest BCUT2D eigenvalue weighted by Gasteiger charge is 2.12. The molecule has 0 aromatic heterocycles. The Hall–Kier alpha value is -1.35. The normalized spacial score (nSPS) is 15.4. The summed E-state index contributed by atoms with van der Waals surface area (Å²) in [6, 6.07) is 6.23. The molecule has 3 heteroatoms. The molecule has 1 aliphatic rings. The lowest BCUT2D eigenvalue weighted by Gasteiger charge is -2.10. The first-order chi connectivity index (χ1) is 8.19. The summed E-state index contributed by atoms with van der Waals surface area (Å²) < 4.78 is 0. The van der Waals surface area contributed by atoms with Crippen molar-refractivity contribution in [2.24, 2.45) is 11.7 Å². The van der Waals surface area contributed by atoms with Gasteiger partial charge in [0.25, 0.3) is 0 Å². The molecule has 2 rings (SSSR count). The van der Waals surface area contributed by atoms with Crippen molar-refractivity contribution in [1.29, 1.82) is 0 Å². The Balaban J connectivity index is 1.97. The van der Waals surface area contributed by atoms with Crippen LogP contribution < -0.4 is 11.1 Å². The van der Waals surface area contributed by atoms with E-state index in [1.165, 1.54) is 24.0 Å². The Morgan fingerprint density at radius 3 is 2.94 bits per heavy atom. The molecule has 1 unspecified atom stereocenters. The Kier molecular flexibility index (Phi) is 3.79. The molecule has 0 fully saturated rings. The Morgan fingerprint density at radius 1 is 1.41 bits per heavy atom. The van der Waals surface area contributed by atoms with Crippen molar-refractivity contribution >= 4 is 11.6 Å². The van der Waals surface area contributed by atoms with Gasteiger partial charge < -0.3 is 11.1 Å². The summed E-state index contributed by atoms with van der Waals surface area (Å²) in [5.41, 5.74) is 9.24. The summed E-state index contributed by atoms with van der Waals surface area (Å²) in [5.74, 6) is 0.297. The second-order valence-corrected chi connectivity index (χ2v) is 4.93. The van der Waals surface area contributed by atoms with Crippen molar-refractivity contribution in [2.75, 3.05) is 11.9 Å². The second-order valence-electron chi connectivity index (χ2n) is 4.93. The van der Waals surface area contributed by atoms with Gasteiger partial charge in [-0.25, -0.2) is 0 Å². The third-order valence-corrected chi connectivity index (χ3v) is 3.32. The fourth-order valence-electron chi connectivity index (χ4n) is 2.26. The van der Waals surface area contributed by atoms with Crippen LogP contribution in [0.25, 0.3) is 0 Å². The topological polar surface area (TPSA) is 55.1 Å². The van der Waals surface area contributed by atoms with Gasteiger partial charge >= 0.3 is 0 Å². The van der Waals surface area contributed by atoms with E-state index in [0.29, 0.717) is 13.0 Å². The van der Waals surface area contributed by atoms with Gasteiger partial charge in [-0.05, 0) is 55.0 Å². The molecular formula is C14H20N2O. The van der Waals surface area contributed by atoms with Gasteiger partial charge in [-0.2, -0.15) is 0 Å². The van der Waals surface area contributed by atoms with Crippen LogP contribution in [0.4, 0.5) is 5.69 Å². The Bertz CT molecular complexity index is 415. The number of hydrogen-bond donors (Lipinski definition) is 2. The van der Waals surface area contributed by atoms with Gasteiger partial charge in [0, 0.05) is 12.1 Å². The van der Waals surface area contributed by atoms with E-state index in [2.05, 4.69) is 17.4 Å². The summed E-state index contributed by atoms with van der Waals surface area (Å²) in [5, 5.41) is 2.94. The molecule has 1 aliphatic carbocycles. The first-order valence-electron chi connectivity index (χ1n) is 6.30. The van der Waals surface area contributed by atoms with Crippen LogP contribution in [0.15, 0.2) is 18.2 Å². The third-order valence-electron chi connectivity index (χ3n) is 3.32. The summed E-state index contributed by atoms with van der Waals surface area (Å²) in [6.45, 7) is 2.54. The molecule has 17 heavy (non-hydrogen) atoms. The average Bonchev–Trinajstić information content (AvgIpc) is 2.75. The Morgan fingerprint density at radius 2 is 2.18 bits per heavy atom. The van der Waals surface area contributed by atoms with Crippen LogP contribution >= 0.6 is 0 Å². The molecule has 1 atom stereocenters. The van der Waals surface area contributed by atoms with Gasteiger partial charge in [0.1, 0.15) is 0 Å². The fraction of sp³-hybridized carbons (Fsp3) is 0.500. The lowest BCUT2D eigenvalue weighted by atomic mass is 10.1. The number of hydrogen-bond acceptors (Lipinski definition) is 2. The smallest absolute Gasteiger partial charge is 0.224 e. The van der Waals surface area contributed by atoms with Gasteiger partial charge in [-0.3, -0.25) is 4.79 Å². The number of nitrogens with one attached hydrogen (secondary N) is 1. The number of carbonyl (C=O) groups is 1. The van der Waals surface area contributed by atoms with E-state index in [4.69, 9.17) is 5.73 Å². The molecule has 3 nitrogen and oxygen atoms in total. The number of nitrogens with two attached hydrogens (primary N) is 1. The first kappa shape index (κ1) is 12.1. The molecule has 0 aliphatic heterocycles. The minimum absolute atomic E-state index is 0.0564. The molecule has 1 aromatic rings. The number of rotatable bonds is 4. The van der Waals surface area contributed by atoms with Crippen LogP contribution in [0.3, 0.4) is 0 Å². The number of anilines is 1. The molecule has 92 valence electrons. The first-order valence-corrected chi connectivity index (χ1v) is 6.30. The maximum Gasteiger partial charge on any atom is 0.224 e. The maximum absolute atomic E-state index is 11.7. The van der Waals surface area contributed by atoms with E-state index in [-0.39, 0.29) is 11.8 Å². The van der Waals surface area contributed by atoms with E-state index in [0.717, 1.165) is 12.1 Å². The number of benzene rings is 1. The largest absolute Gasteiger partial charge is 0.330 e. The molecule has 0 bridgehead atoms.